The smallest absolute Gasteiger partial charge is 0.0377 e. The van der Waals surface area contributed by atoms with Crippen molar-refractivity contribution in [1.29, 1.82) is 0 Å². The maximum absolute atomic E-state index is 5.85. The molecular weight excluding hydrogens is 206 g/mol. The van der Waals surface area contributed by atoms with Crippen molar-refractivity contribution in [1.82, 2.24) is 5.32 Å². The summed E-state index contributed by atoms with van der Waals surface area (Å²) in [5, 5.41) is 3.49. The van der Waals surface area contributed by atoms with Crippen molar-refractivity contribution in [2.24, 2.45) is 0 Å². The third kappa shape index (κ3) is 3.51. The first-order valence-electron chi connectivity index (χ1n) is 5.53. The van der Waals surface area contributed by atoms with E-state index in [1.54, 1.807) is 0 Å². The van der Waals surface area contributed by atoms with E-state index in [-0.39, 0.29) is 0 Å². The van der Waals surface area contributed by atoms with Gasteiger partial charge >= 0.3 is 0 Å². The van der Waals surface area contributed by atoms with Crippen LogP contribution in [0.4, 0.5) is 0 Å². The Hall–Kier alpha value is -0.530. The molecule has 1 rings (SSSR count). The van der Waals surface area contributed by atoms with Crippen molar-refractivity contribution in [3.05, 3.63) is 34.9 Å². The number of halogens is 1. The van der Waals surface area contributed by atoms with E-state index in [0.29, 0.717) is 11.9 Å². The normalized spacial score (nSPS) is 12.8. The maximum atomic E-state index is 5.85. The molecule has 1 nitrogen and oxygen atoms in total. The van der Waals surface area contributed by atoms with Gasteiger partial charge in [0.05, 0.1) is 0 Å². The SMILES string of the molecule is CCC(CCl)NCc1c(C)cccc1C. The number of benzene rings is 1. The van der Waals surface area contributed by atoms with E-state index in [1.807, 2.05) is 0 Å². The Balaban J connectivity index is 2.64. The summed E-state index contributed by atoms with van der Waals surface area (Å²) in [6, 6.07) is 6.84. The van der Waals surface area contributed by atoms with Crippen molar-refractivity contribution in [2.45, 2.75) is 39.8 Å². The third-order valence-corrected chi connectivity index (χ3v) is 3.26. The highest BCUT2D eigenvalue weighted by atomic mass is 35.5. The molecule has 15 heavy (non-hydrogen) atoms. The van der Waals surface area contributed by atoms with Crippen LogP contribution in [0.5, 0.6) is 0 Å². The summed E-state index contributed by atoms with van der Waals surface area (Å²) in [7, 11) is 0. The fraction of sp³-hybridized carbons (Fsp3) is 0.538. The van der Waals surface area contributed by atoms with E-state index in [0.717, 1.165) is 13.0 Å². The summed E-state index contributed by atoms with van der Waals surface area (Å²) < 4.78 is 0. The van der Waals surface area contributed by atoms with Gasteiger partial charge in [-0.05, 0) is 37.0 Å². The molecule has 0 amide bonds. The Morgan fingerprint density at radius 3 is 2.33 bits per heavy atom. The summed E-state index contributed by atoms with van der Waals surface area (Å²) in [5.41, 5.74) is 4.11. The zero-order valence-electron chi connectivity index (χ0n) is 9.81. The number of aryl methyl sites for hydroxylation is 2. The average Bonchev–Trinajstić information content (AvgIpc) is 2.23. The van der Waals surface area contributed by atoms with Gasteiger partial charge in [0, 0.05) is 18.5 Å². The van der Waals surface area contributed by atoms with Gasteiger partial charge in [-0.3, -0.25) is 0 Å². The summed E-state index contributed by atoms with van der Waals surface area (Å²) >= 11 is 5.85. The molecule has 84 valence electrons. The van der Waals surface area contributed by atoms with Gasteiger partial charge in [-0.25, -0.2) is 0 Å². The Morgan fingerprint density at radius 2 is 1.87 bits per heavy atom. The van der Waals surface area contributed by atoms with E-state index in [1.165, 1.54) is 16.7 Å². The second kappa shape index (κ2) is 6.14. The summed E-state index contributed by atoms with van der Waals surface area (Å²) in [6.07, 6.45) is 1.08. The molecule has 0 saturated heterocycles. The number of hydrogen-bond acceptors (Lipinski definition) is 1. The van der Waals surface area contributed by atoms with Crippen molar-refractivity contribution in [3.8, 4) is 0 Å². The molecule has 0 fully saturated rings. The van der Waals surface area contributed by atoms with Crippen LogP contribution < -0.4 is 5.32 Å². The lowest BCUT2D eigenvalue weighted by atomic mass is 10.0. The van der Waals surface area contributed by atoms with Gasteiger partial charge < -0.3 is 5.32 Å². The monoisotopic (exact) mass is 225 g/mol. The highest BCUT2D eigenvalue weighted by molar-refractivity contribution is 6.18. The molecular formula is C13H20ClN. The highest BCUT2D eigenvalue weighted by Crippen LogP contribution is 2.13. The zero-order valence-corrected chi connectivity index (χ0v) is 10.6. The second-order valence-corrected chi connectivity index (χ2v) is 4.32. The van der Waals surface area contributed by atoms with E-state index < -0.39 is 0 Å². The standard InChI is InChI=1S/C13H20ClN/c1-4-12(8-14)15-9-13-10(2)6-5-7-11(13)3/h5-7,12,15H,4,8-9H2,1-3H3. The Bertz CT molecular complexity index is 285. The Morgan fingerprint density at radius 1 is 1.27 bits per heavy atom. The minimum atomic E-state index is 0.422. The lowest BCUT2D eigenvalue weighted by molar-refractivity contribution is 0.537. The molecule has 1 aromatic rings. The topological polar surface area (TPSA) is 12.0 Å². The molecule has 1 atom stereocenters. The molecule has 1 unspecified atom stereocenters. The van der Waals surface area contributed by atoms with Crippen molar-refractivity contribution in [2.75, 3.05) is 5.88 Å². The van der Waals surface area contributed by atoms with Gasteiger partial charge in [-0.1, -0.05) is 25.1 Å². The molecule has 0 aliphatic heterocycles. The number of rotatable bonds is 5. The van der Waals surface area contributed by atoms with Crippen molar-refractivity contribution >= 4 is 11.6 Å². The van der Waals surface area contributed by atoms with Gasteiger partial charge in [0.25, 0.3) is 0 Å². The van der Waals surface area contributed by atoms with Crippen LogP contribution in [-0.4, -0.2) is 11.9 Å². The van der Waals surface area contributed by atoms with Crippen molar-refractivity contribution < 1.29 is 0 Å². The lowest BCUT2D eigenvalue weighted by Gasteiger charge is -2.16. The number of nitrogens with one attached hydrogen (secondary N) is 1. The maximum Gasteiger partial charge on any atom is 0.0377 e. The molecule has 0 aliphatic rings. The molecule has 0 aliphatic carbocycles. The van der Waals surface area contributed by atoms with Gasteiger partial charge in [0.1, 0.15) is 0 Å². The quantitative estimate of drug-likeness (QED) is 0.758. The zero-order chi connectivity index (χ0) is 11.3. The summed E-state index contributed by atoms with van der Waals surface area (Å²) in [4.78, 5) is 0. The van der Waals surface area contributed by atoms with Crippen LogP contribution in [0, 0.1) is 13.8 Å². The van der Waals surface area contributed by atoms with Crippen LogP contribution in [0.2, 0.25) is 0 Å². The second-order valence-electron chi connectivity index (χ2n) is 4.01. The fourth-order valence-electron chi connectivity index (χ4n) is 1.68. The first kappa shape index (κ1) is 12.5. The number of hydrogen-bond donors (Lipinski definition) is 1. The molecule has 0 bridgehead atoms. The van der Waals surface area contributed by atoms with Gasteiger partial charge in [0.2, 0.25) is 0 Å². The third-order valence-electron chi connectivity index (χ3n) is 2.89. The molecule has 0 spiro atoms. The minimum absolute atomic E-state index is 0.422. The van der Waals surface area contributed by atoms with Crippen LogP contribution in [0.25, 0.3) is 0 Å². The summed E-state index contributed by atoms with van der Waals surface area (Å²) in [6.45, 7) is 7.39. The van der Waals surface area contributed by atoms with Crippen LogP contribution in [-0.2, 0) is 6.54 Å². The van der Waals surface area contributed by atoms with Gasteiger partial charge in [0.15, 0.2) is 0 Å². The lowest BCUT2D eigenvalue weighted by Crippen LogP contribution is -2.29. The van der Waals surface area contributed by atoms with Crippen LogP contribution in [0.1, 0.15) is 30.0 Å². The van der Waals surface area contributed by atoms with Crippen molar-refractivity contribution in [3.63, 3.8) is 0 Å². The molecule has 2 heteroatoms. The Kier molecular flexibility index (Phi) is 5.13. The van der Waals surface area contributed by atoms with Crippen LogP contribution in [0.3, 0.4) is 0 Å². The first-order chi connectivity index (χ1) is 7.19. The minimum Gasteiger partial charge on any atom is -0.309 e. The molecule has 0 radical (unpaired) electrons. The van der Waals surface area contributed by atoms with E-state index in [9.17, 15) is 0 Å². The van der Waals surface area contributed by atoms with E-state index in [2.05, 4.69) is 44.3 Å². The van der Waals surface area contributed by atoms with Gasteiger partial charge in [-0.15, -0.1) is 11.6 Å². The Labute approximate surface area is 97.8 Å². The van der Waals surface area contributed by atoms with E-state index in [4.69, 9.17) is 11.6 Å². The van der Waals surface area contributed by atoms with Crippen LogP contribution >= 0.6 is 11.6 Å². The summed E-state index contributed by atoms with van der Waals surface area (Å²) in [5.74, 6) is 0.682. The first-order valence-corrected chi connectivity index (χ1v) is 6.07. The van der Waals surface area contributed by atoms with E-state index >= 15 is 0 Å². The molecule has 0 heterocycles. The van der Waals surface area contributed by atoms with Crippen LogP contribution in [0.15, 0.2) is 18.2 Å². The number of alkyl halides is 1. The van der Waals surface area contributed by atoms with Gasteiger partial charge in [-0.2, -0.15) is 0 Å². The fourth-order valence-corrected chi connectivity index (χ4v) is 2.01. The average molecular weight is 226 g/mol. The molecule has 1 N–H and O–H groups in total. The molecule has 1 aromatic carbocycles. The molecule has 0 aromatic heterocycles. The predicted molar refractivity (Wildman–Crippen MR) is 67.6 cm³/mol. The largest absolute Gasteiger partial charge is 0.309 e. The highest BCUT2D eigenvalue weighted by Gasteiger charge is 2.06. The molecule has 0 saturated carbocycles. The predicted octanol–water partition coefficient (Wildman–Crippen LogP) is 3.41.